The van der Waals surface area contributed by atoms with Gasteiger partial charge in [0.25, 0.3) is 0 Å². The highest BCUT2D eigenvalue weighted by Gasteiger charge is 2.01. The van der Waals surface area contributed by atoms with Crippen molar-refractivity contribution in [1.29, 1.82) is 0 Å². The van der Waals surface area contributed by atoms with Gasteiger partial charge in [-0.05, 0) is 24.3 Å². The fraction of sp³-hybridized carbons (Fsp3) is 0. The van der Waals surface area contributed by atoms with Crippen LogP contribution in [0.2, 0.25) is 20.1 Å². The van der Waals surface area contributed by atoms with E-state index in [1.165, 1.54) is 0 Å². The van der Waals surface area contributed by atoms with Gasteiger partial charge in [-0.15, -0.1) is 12.4 Å². The molecule has 0 saturated heterocycles. The number of benzene rings is 2. The summed E-state index contributed by atoms with van der Waals surface area (Å²) in [5.41, 5.74) is 5.92. The lowest BCUT2D eigenvalue weighted by Gasteiger charge is -2.03. The van der Waals surface area contributed by atoms with Gasteiger partial charge >= 0.3 is 0 Å². The zero-order valence-corrected chi connectivity index (χ0v) is 14.4. The van der Waals surface area contributed by atoms with Gasteiger partial charge in [0.1, 0.15) is 0 Å². The second kappa shape index (κ2) is 10.2. The van der Waals surface area contributed by atoms with E-state index in [0.717, 1.165) is 0 Å². The lowest BCUT2D eigenvalue weighted by atomic mass is 10.3. The number of hydrogen-bond acceptors (Lipinski definition) is 4. The lowest BCUT2D eigenvalue weighted by Crippen LogP contribution is -2.07. The molecule has 0 aliphatic rings. The van der Waals surface area contributed by atoms with Crippen LogP contribution in [0.3, 0.4) is 0 Å². The topological polar surface area (TPSA) is 76.1 Å². The van der Waals surface area contributed by atoms with Crippen molar-refractivity contribution in [2.45, 2.75) is 0 Å². The first kappa shape index (κ1) is 20.4. The summed E-state index contributed by atoms with van der Waals surface area (Å²) in [6.45, 7) is 0. The molecule has 2 rings (SSSR count). The van der Waals surface area contributed by atoms with Crippen LogP contribution in [-0.4, -0.2) is 0 Å². The Bertz CT molecular complexity index is 488. The zero-order valence-electron chi connectivity index (χ0n) is 10.5. The van der Waals surface area contributed by atoms with Gasteiger partial charge in [-0.3, -0.25) is 11.7 Å². The molecule has 116 valence electrons. The maximum absolute atomic E-state index is 5.70. The number of nitrogens with two attached hydrogens (primary N) is 2. The lowest BCUT2D eigenvalue weighted by molar-refractivity contribution is 1.35. The molecule has 0 amide bonds. The molecule has 9 heteroatoms. The van der Waals surface area contributed by atoms with Gasteiger partial charge in [0.15, 0.2) is 0 Å². The van der Waals surface area contributed by atoms with Gasteiger partial charge in [-0.1, -0.05) is 58.5 Å². The number of hydrazine groups is 2. The molecule has 0 aromatic heterocycles. The maximum atomic E-state index is 5.70. The third-order valence-corrected chi connectivity index (χ3v) is 3.47. The molecule has 21 heavy (non-hydrogen) atoms. The van der Waals surface area contributed by atoms with E-state index < -0.39 is 0 Å². The minimum Gasteiger partial charge on any atom is -0.321 e. The molecular weight excluding hydrogens is 377 g/mol. The van der Waals surface area contributed by atoms with Gasteiger partial charge in [-0.2, -0.15) is 0 Å². The van der Waals surface area contributed by atoms with Crippen molar-refractivity contribution < 1.29 is 0 Å². The highest BCUT2D eigenvalue weighted by atomic mass is 35.5. The molecule has 2 aromatic carbocycles. The number of halogens is 5. The van der Waals surface area contributed by atoms with Crippen molar-refractivity contribution in [3.8, 4) is 0 Å². The van der Waals surface area contributed by atoms with Gasteiger partial charge in [0.05, 0.1) is 31.5 Å². The Morgan fingerprint density at radius 3 is 1.00 bits per heavy atom. The van der Waals surface area contributed by atoms with Crippen molar-refractivity contribution in [3.63, 3.8) is 0 Å². The van der Waals surface area contributed by atoms with Gasteiger partial charge in [-0.25, -0.2) is 0 Å². The van der Waals surface area contributed by atoms with Crippen LogP contribution in [0.4, 0.5) is 11.4 Å². The summed E-state index contributed by atoms with van der Waals surface area (Å²) in [6.07, 6.45) is 0. The van der Waals surface area contributed by atoms with E-state index in [-0.39, 0.29) is 12.4 Å². The summed E-state index contributed by atoms with van der Waals surface area (Å²) in [5, 5.41) is 2.09. The number of para-hydroxylation sites is 2. The summed E-state index contributed by atoms with van der Waals surface area (Å²) in [7, 11) is 0. The molecule has 0 saturated carbocycles. The summed E-state index contributed by atoms with van der Waals surface area (Å²) in [6, 6.07) is 10.4. The first-order valence-electron chi connectivity index (χ1n) is 5.32. The Labute approximate surface area is 149 Å². The second-order valence-corrected chi connectivity index (χ2v) is 5.11. The van der Waals surface area contributed by atoms with Crippen molar-refractivity contribution in [3.05, 3.63) is 56.5 Å². The fourth-order valence-electron chi connectivity index (χ4n) is 1.27. The Morgan fingerprint density at radius 2 is 0.857 bits per heavy atom. The van der Waals surface area contributed by atoms with Gasteiger partial charge < -0.3 is 10.9 Å². The SMILES string of the molecule is Cl.NNc1c(Cl)cccc1Cl.NNc1c(Cl)cccc1Cl. The molecule has 6 N–H and O–H groups in total. The van der Waals surface area contributed by atoms with Gasteiger partial charge in [0.2, 0.25) is 0 Å². The van der Waals surface area contributed by atoms with Crippen LogP contribution >= 0.6 is 58.8 Å². The van der Waals surface area contributed by atoms with Crippen LogP contribution < -0.4 is 22.5 Å². The summed E-state index contributed by atoms with van der Waals surface area (Å²) >= 11 is 22.8. The fourth-order valence-corrected chi connectivity index (χ4v) is 2.28. The van der Waals surface area contributed by atoms with E-state index in [4.69, 9.17) is 58.1 Å². The van der Waals surface area contributed by atoms with Crippen molar-refractivity contribution in [2.24, 2.45) is 11.7 Å². The standard InChI is InChI=1S/2C6H6Cl2N2.ClH/c2*7-4-2-1-3-5(8)6(4)10-9;/h2*1-3,10H,9H2;1H. The van der Waals surface area contributed by atoms with Crippen LogP contribution in [0, 0.1) is 0 Å². The molecule has 4 nitrogen and oxygen atoms in total. The van der Waals surface area contributed by atoms with Crippen LogP contribution in [0.25, 0.3) is 0 Å². The Balaban J connectivity index is 0.000000364. The molecule has 0 atom stereocenters. The maximum Gasteiger partial charge on any atom is 0.0860 e. The monoisotopic (exact) mass is 388 g/mol. The molecule has 0 aliphatic carbocycles. The van der Waals surface area contributed by atoms with Gasteiger partial charge in [0, 0.05) is 0 Å². The molecule has 0 spiro atoms. The highest BCUT2D eigenvalue weighted by molar-refractivity contribution is 6.39. The Kier molecular flexibility index (Phi) is 9.90. The first-order chi connectivity index (χ1) is 9.51. The van der Waals surface area contributed by atoms with E-state index in [1.807, 2.05) is 0 Å². The van der Waals surface area contributed by atoms with E-state index in [0.29, 0.717) is 31.5 Å². The minimum absolute atomic E-state index is 0. The summed E-state index contributed by atoms with van der Waals surface area (Å²) in [5.74, 6) is 10.3. The molecule has 0 unspecified atom stereocenters. The van der Waals surface area contributed by atoms with Crippen molar-refractivity contribution in [1.82, 2.24) is 0 Å². The molecule has 0 heterocycles. The number of anilines is 2. The van der Waals surface area contributed by atoms with E-state index in [1.54, 1.807) is 36.4 Å². The van der Waals surface area contributed by atoms with Crippen molar-refractivity contribution >= 4 is 70.2 Å². The Morgan fingerprint density at radius 1 is 0.619 bits per heavy atom. The normalized spacial score (nSPS) is 9.05. The number of rotatable bonds is 2. The molecule has 0 radical (unpaired) electrons. The number of nitrogens with one attached hydrogen (secondary N) is 2. The summed E-state index contributed by atoms with van der Waals surface area (Å²) < 4.78 is 0. The average Bonchev–Trinajstić information content (AvgIpc) is 2.40. The first-order valence-corrected chi connectivity index (χ1v) is 6.83. The minimum atomic E-state index is 0. The largest absolute Gasteiger partial charge is 0.321 e. The Hall–Kier alpha value is -0.590. The molecular formula is C12H13Cl5N4. The highest BCUT2D eigenvalue weighted by Crippen LogP contribution is 2.29. The zero-order chi connectivity index (χ0) is 15.1. The predicted octanol–water partition coefficient (Wildman–Crippen LogP) is 4.98. The van der Waals surface area contributed by atoms with Crippen LogP contribution in [0.5, 0.6) is 0 Å². The third kappa shape index (κ3) is 5.96. The summed E-state index contributed by atoms with van der Waals surface area (Å²) in [4.78, 5) is 0. The van der Waals surface area contributed by atoms with E-state index in [2.05, 4.69) is 10.9 Å². The van der Waals surface area contributed by atoms with Crippen LogP contribution in [-0.2, 0) is 0 Å². The van der Waals surface area contributed by atoms with E-state index >= 15 is 0 Å². The average molecular weight is 391 g/mol. The molecule has 0 aliphatic heterocycles. The number of hydrogen-bond donors (Lipinski definition) is 4. The molecule has 0 fully saturated rings. The second-order valence-electron chi connectivity index (χ2n) is 3.48. The quantitative estimate of drug-likeness (QED) is 0.431. The van der Waals surface area contributed by atoms with Crippen molar-refractivity contribution in [2.75, 3.05) is 10.9 Å². The van der Waals surface area contributed by atoms with Crippen LogP contribution in [0.15, 0.2) is 36.4 Å². The van der Waals surface area contributed by atoms with Crippen LogP contribution in [0.1, 0.15) is 0 Å². The molecule has 2 aromatic rings. The third-order valence-electron chi connectivity index (χ3n) is 2.21. The smallest absolute Gasteiger partial charge is 0.0860 e. The molecule has 0 bridgehead atoms. The van der Waals surface area contributed by atoms with E-state index in [9.17, 15) is 0 Å². The predicted molar refractivity (Wildman–Crippen MR) is 95.8 cm³/mol. The number of nitrogen functional groups attached to an aromatic ring is 2.